The molecule has 0 bridgehead atoms. The van der Waals surface area contributed by atoms with Crippen LogP contribution in [-0.2, 0) is 17.6 Å². The molecule has 2 rings (SSSR count). The number of carbonyl (C=O) groups is 2. The molecule has 0 aliphatic heterocycles. The standard InChI is InChI=1S/C18H20N2O3/c1-19-18(23)15-7-4-5-13(11-15)9-10-20-17(22)12-14-6-2-3-8-16(14)21/h2-8,11,21H,9-10,12H2,1H3,(H,19,23)(H,20,22). The smallest absolute Gasteiger partial charge is 0.251 e. The minimum Gasteiger partial charge on any atom is -0.508 e. The Kier molecular flexibility index (Phi) is 5.74. The van der Waals surface area contributed by atoms with Crippen molar-refractivity contribution in [2.75, 3.05) is 13.6 Å². The van der Waals surface area contributed by atoms with Gasteiger partial charge in [0.2, 0.25) is 5.91 Å². The largest absolute Gasteiger partial charge is 0.508 e. The number of nitrogens with one attached hydrogen (secondary N) is 2. The number of rotatable bonds is 6. The molecule has 2 amide bonds. The fourth-order valence-electron chi connectivity index (χ4n) is 2.25. The summed E-state index contributed by atoms with van der Waals surface area (Å²) in [4.78, 5) is 23.5. The number of phenols is 1. The van der Waals surface area contributed by atoms with E-state index in [2.05, 4.69) is 10.6 Å². The first-order chi connectivity index (χ1) is 11.1. The number of benzene rings is 2. The van der Waals surface area contributed by atoms with Gasteiger partial charge in [-0.1, -0.05) is 30.3 Å². The summed E-state index contributed by atoms with van der Waals surface area (Å²) in [7, 11) is 1.59. The van der Waals surface area contributed by atoms with Gasteiger partial charge in [-0.15, -0.1) is 0 Å². The topological polar surface area (TPSA) is 78.4 Å². The van der Waals surface area contributed by atoms with Crippen molar-refractivity contribution in [3.63, 3.8) is 0 Å². The Labute approximate surface area is 135 Å². The molecule has 0 fully saturated rings. The zero-order chi connectivity index (χ0) is 16.7. The van der Waals surface area contributed by atoms with E-state index in [0.29, 0.717) is 24.1 Å². The molecule has 0 aliphatic rings. The van der Waals surface area contributed by atoms with E-state index in [1.165, 1.54) is 0 Å². The van der Waals surface area contributed by atoms with E-state index >= 15 is 0 Å². The van der Waals surface area contributed by atoms with Gasteiger partial charge in [0, 0.05) is 24.7 Å². The van der Waals surface area contributed by atoms with Crippen LogP contribution in [0.3, 0.4) is 0 Å². The molecule has 0 heterocycles. The normalized spacial score (nSPS) is 10.1. The molecule has 0 saturated carbocycles. The summed E-state index contributed by atoms with van der Waals surface area (Å²) in [6, 6.07) is 14.1. The highest BCUT2D eigenvalue weighted by Crippen LogP contribution is 2.15. The van der Waals surface area contributed by atoms with Crippen LogP contribution in [-0.4, -0.2) is 30.5 Å². The van der Waals surface area contributed by atoms with Crippen molar-refractivity contribution in [1.82, 2.24) is 10.6 Å². The Balaban J connectivity index is 1.84. The average Bonchev–Trinajstić information content (AvgIpc) is 2.56. The molecule has 120 valence electrons. The lowest BCUT2D eigenvalue weighted by atomic mass is 10.1. The minimum absolute atomic E-state index is 0.126. The van der Waals surface area contributed by atoms with Gasteiger partial charge in [-0.2, -0.15) is 0 Å². The lowest BCUT2D eigenvalue weighted by Crippen LogP contribution is -2.27. The summed E-state index contributed by atoms with van der Waals surface area (Å²) in [5.41, 5.74) is 2.19. The SMILES string of the molecule is CNC(=O)c1cccc(CCNC(=O)Cc2ccccc2O)c1. The van der Waals surface area contributed by atoms with E-state index < -0.39 is 0 Å². The van der Waals surface area contributed by atoms with Gasteiger partial charge in [-0.05, 0) is 30.2 Å². The summed E-state index contributed by atoms with van der Waals surface area (Å²) >= 11 is 0. The van der Waals surface area contributed by atoms with Crippen LogP contribution in [0, 0.1) is 0 Å². The highest BCUT2D eigenvalue weighted by Gasteiger charge is 2.07. The molecule has 5 heteroatoms. The molecule has 0 unspecified atom stereocenters. The molecular weight excluding hydrogens is 292 g/mol. The molecule has 2 aromatic rings. The molecule has 3 N–H and O–H groups in total. The lowest BCUT2D eigenvalue weighted by Gasteiger charge is -2.08. The minimum atomic E-state index is -0.144. The van der Waals surface area contributed by atoms with Crippen LogP contribution >= 0.6 is 0 Å². The van der Waals surface area contributed by atoms with Gasteiger partial charge in [0.15, 0.2) is 0 Å². The third kappa shape index (κ3) is 4.85. The second kappa shape index (κ2) is 7.98. The van der Waals surface area contributed by atoms with Crippen molar-refractivity contribution >= 4 is 11.8 Å². The predicted octanol–water partition coefficient (Wildman–Crippen LogP) is 1.65. The zero-order valence-corrected chi connectivity index (χ0v) is 13.0. The first kappa shape index (κ1) is 16.5. The second-order valence-corrected chi connectivity index (χ2v) is 5.18. The van der Waals surface area contributed by atoms with Gasteiger partial charge < -0.3 is 15.7 Å². The molecule has 2 aromatic carbocycles. The number of hydrogen-bond donors (Lipinski definition) is 3. The quantitative estimate of drug-likeness (QED) is 0.759. The van der Waals surface area contributed by atoms with Crippen LogP contribution < -0.4 is 10.6 Å². The van der Waals surface area contributed by atoms with Crippen molar-refractivity contribution in [3.05, 3.63) is 65.2 Å². The third-order valence-electron chi connectivity index (χ3n) is 3.49. The second-order valence-electron chi connectivity index (χ2n) is 5.18. The van der Waals surface area contributed by atoms with Crippen LogP contribution in [0.2, 0.25) is 0 Å². The fraction of sp³-hybridized carbons (Fsp3) is 0.222. The van der Waals surface area contributed by atoms with Gasteiger partial charge >= 0.3 is 0 Å². The molecule has 0 radical (unpaired) electrons. The van der Waals surface area contributed by atoms with Crippen LogP contribution in [0.1, 0.15) is 21.5 Å². The Morgan fingerprint density at radius 1 is 1.09 bits per heavy atom. The summed E-state index contributed by atoms with van der Waals surface area (Å²) in [5.74, 6) is -0.148. The number of amides is 2. The van der Waals surface area contributed by atoms with Gasteiger partial charge in [0.25, 0.3) is 5.91 Å². The van der Waals surface area contributed by atoms with Gasteiger partial charge in [-0.3, -0.25) is 9.59 Å². The van der Waals surface area contributed by atoms with Crippen molar-refractivity contribution < 1.29 is 14.7 Å². The molecule has 23 heavy (non-hydrogen) atoms. The van der Waals surface area contributed by atoms with Crippen LogP contribution in [0.15, 0.2) is 48.5 Å². The number of hydrogen-bond acceptors (Lipinski definition) is 3. The Bertz CT molecular complexity index is 698. The van der Waals surface area contributed by atoms with Crippen LogP contribution in [0.25, 0.3) is 0 Å². The Morgan fingerprint density at radius 3 is 2.61 bits per heavy atom. The Morgan fingerprint density at radius 2 is 1.87 bits per heavy atom. The summed E-state index contributed by atoms with van der Waals surface area (Å²) in [5, 5.41) is 15.1. The molecule has 0 atom stereocenters. The Hall–Kier alpha value is -2.82. The molecule has 0 spiro atoms. The monoisotopic (exact) mass is 312 g/mol. The average molecular weight is 312 g/mol. The number of para-hydroxylation sites is 1. The zero-order valence-electron chi connectivity index (χ0n) is 13.0. The van der Waals surface area contributed by atoms with Crippen molar-refractivity contribution in [2.24, 2.45) is 0 Å². The van der Waals surface area contributed by atoms with E-state index in [1.807, 2.05) is 18.2 Å². The van der Waals surface area contributed by atoms with E-state index in [-0.39, 0.29) is 24.0 Å². The van der Waals surface area contributed by atoms with Crippen molar-refractivity contribution in [3.8, 4) is 5.75 Å². The number of carbonyl (C=O) groups excluding carboxylic acids is 2. The summed E-state index contributed by atoms with van der Waals surface area (Å²) in [6.45, 7) is 0.476. The van der Waals surface area contributed by atoms with Gasteiger partial charge in [0.1, 0.15) is 5.75 Å². The van der Waals surface area contributed by atoms with E-state index in [4.69, 9.17) is 0 Å². The molecule has 0 saturated heterocycles. The maximum absolute atomic E-state index is 11.9. The first-order valence-electron chi connectivity index (χ1n) is 7.44. The van der Waals surface area contributed by atoms with Crippen LogP contribution in [0.5, 0.6) is 5.75 Å². The number of aromatic hydroxyl groups is 1. The third-order valence-corrected chi connectivity index (χ3v) is 3.49. The van der Waals surface area contributed by atoms with Crippen LogP contribution in [0.4, 0.5) is 0 Å². The lowest BCUT2D eigenvalue weighted by molar-refractivity contribution is -0.120. The fourth-order valence-corrected chi connectivity index (χ4v) is 2.25. The highest BCUT2D eigenvalue weighted by atomic mass is 16.3. The number of phenolic OH excluding ortho intramolecular Hbond substituents is 1. The summed E-state index contributed by atoms with van der Waals surface area (Å²) < 4.78 is 0. The van der Waals surface area contributed by atoms with E-state index in [9.17, 15) is 14.7 Å². The van der Waals surface area contributed by atoms with Crippen molar-refractivity contribution in [2.45, 2.75) is 12.8 Å². The van der Waals surface area contributed by atoms with Crippen molar-refractivity contribution in [1.29, 1.82) is 0 Å². The molecule has 0 aromatic heterocycles. The highest BCUT2D eigenvalue weighted by molar-refractivity contribution is 5.94. The molecule has 5 nitrogen and oxygen atoms in total. The molecule has 0 aliphatic carbocycles. The van der Waals surface area contributed by atoms with E-state index in [1.54, 1.807) is 37.4 Å². The predicted molar refractivity (Wildman–Crippen MR) is 88.4 cm³/mol. The van der Waals surface area contributed by atoms with E-state index in [0.717, 1.165) is 5.56 Å². The summed E-state index contributed by atoms with van der Waals surface area (Å²) in [6.07, 6.45) is 0.780. The van der Waals surface area contributed by atoms with Gasteiger partial charge in [-0.25, -0.2) is 0 Å². The van der Waals surface area contributed by atoms with Gasteiger partial charge in [0.05, 0.1) is 6.42 Å². The maximum atomic E-state index is 11.9. The first-order valence-corrected chi connectivity index (χ1v) is 7.44. The maximum Gasteiger partial charge on any atom is 0.251 e. The molecular formula is C18H20N2O3.